The zero-order chi connectivity index (χ0) is 21.3. The lowest BCUT2D eigenvalue weighted by atomic mass is 10.2. The van der Waals surface area contributed by atoms with Crippen LogP contribution >= 0.6 is 0 Å². The summed E-state index contributed by atoms with van der Waals surface area (Å²) in [6.07, 6.45) is 3.03. The van der Waals surface area contributed by atoms with Crippen LogP contribution in [0.25, 0.3) is 0 Å². The fourth-order valence-electron chi connectivity index (χ4n) is 3.72. The minimum absolute atomic E-state index is 0.187. The number of rotatable bonds is 12. The van der Waals surface area contributed by atoms with Crippen molar-refractivity contribution in [3.8, 4) is 0 Å². The number of nitrogens with zero attached hydrogens (tertiary/aromatic N) is 1. The van der Waals surface area contributed by atoms with Crippen LogP contribution in [0.3, 0.4) is 0 Å². The van der Waals surface area contributed by atoms with Crippen molar-refractivity contribution in [1.82, 2.24) is 4.57 Å². The molecule has 0 aliphatic rings. The maximum Gasteiger partial charge on any atom is 0.129 e. The van der Waals surface area contributed by atoms with Gasteiger partial charge >= 0.3 is 0 Å². The Hall–Kier alpha value is -2.41. The Morgan fingerprint density at radius 1 is 1.10 bits per heavy atom. The Kier molecular flexibility index (Phi) is 8.25. The van der Waals surface area contributed by atoms with E-state index in [1.54, 1.807) is 12.3 Å². The van der Waals surface area contributed by atoms with Crippen LogP contribution in [-0.2, 0) is 24.4 Å². The van der Waals surface area contributed by atoms with Crippen LogP contribution in [0.1, 0.15) is 30.9 Å². The van der Waals surface area contributed by atoms with Crippen molar-refractivity contribution in [2.24, 2.45) is 5.92 Å². The van der Waals surface area contributed by atoms with Crippen molar-refractivity contribution in [1.29, 1.82) is 0 Å². The number of nitrogens with one attached hydrogen (secondary N) is 1. The highest BCUT2D eigenvalue weighted by Gasteiger charge is 2.19. The summed E-state index contributed by atoms with van der Waals surface area (Å²) in [6.45, 7) is 7.75. The maximum atomic E-state index is 14.1. The van der Waals surface area contributed by atoms with Crippen LogP contribution in [0.5, 0.6) is 0 Å². The van der Waals surface area contributed by atoms with E-state index in [0.717, 1.165) is 24.5 Å². The molecule has 2 N–H and O–H groups in total. The third-order valence-corrected chi connectivity index (χ3v) is 5.01. The Balaban J connectivity index is 1.58. The molecule has 0 aliphatic heterocycles. The molecular weight excluding hydrogens is 383 g/mol. The monoisotopic (exact) mass is 415 g/mol. The van der Waals surface area contributed by atoms with E-state index in [9.17, 15) is 9.50 Å². The summed E-state index contributed by atoms with van der Waals surface area (Å²) in [6, 6.07) is 14.6. The van der Waals surface area contributed by atoms with Gasteiger partial charge in [0, 0.05) is 17.7 Å². The average molecular weight is 416 g/mol. The van der Waals surface area contributed by atoms with Gasteiger partial charge in [0.25, 0.3) is 0 Å². The Morgan fingerprint density at radius 3 is 2.67 bits per heavy atom. The highest BCUT2D eigenvalue weighted by atomic mass is 19.1. The van der Waals surface area contributed by atoms with E-state index in [1.807, 2.05) is 36.5 Å². The smallest absolute Gasteiger partial charge is 0.129 e. The van der Waals surface area contributed by atoms with Gasteiger partial charge in [0.15, 0.2) is 0 Å². The Morgan fingerprint density at radius 2 is 1.93 bits per heavy atom. The third kappa shape index (κ3) is 6.83. The van der Waals surface area contributed by atoms with Crippen LogP contribution in [0.4, 0.5) is 4.39 Å². The Bertz CT molecular complexity index is 876. The van der Waals surface area contributed by atoms with Crippen LogP contribution in [0.15, 0.2) is 65.4 Å². The lowest BCUT2D eigenvalue weighted by Crippen LogP contribution is -3.12. The molecular formula is C24H32FN2O3+. The van der Waals surface area contributed by atoms with E-state index in [2.05, 4.69) is 24.5 Å². The summed E-state index contributed by atoms with van der Waals surface area (Å²) in [5.74, 6) is 1.05. The van der Waals surface area contributed by atoms with E-state index in [0.29, 0.717) is 31.2 Å². The second kappa shape index (κ2) is 11.1. The molecule has 0 spiro atoms. The normalized spacial score (nSPS) is 13.6. The van der Waals surface area contributed by atoms with Crippen molar-refractivity contribution in [2.75, 3.05) is 19.7 Å². The predicted octanol–water partition coefficient (Wildman–Crippen LogP) is 2.89. The zero-order valence-electron chi connectivity index (χ0n) is 17.8. The molecule has 0 fully saturated rings. The number of aliphatic hydroxyl groups excluding tert-OH is 1. The second-order valence-electron chi connectivity index (χ2n) is 8.20. The standard InChI is InChI=1S/C24H31FN2O3/c1-19(2)13-26(16-22(28)17-29-18-23-9-6-12-30-23)15-21-8-5-11-27(21)14-20-7-3-4-10-24(20)25/h3-12,19,22,28H,13-18H2,1-2H3/p+1/t22-/m0/s1. The van der Waals surface area contributed by atoms with Gasteiger partial charge in [0.2, 0.25) is 0 Å². The SMILES string of the molecule is CC(C)C[NH+](Cc1cccn1Cc1ccccc1F)C[C@H](O)COCc1ccco1. The molecule has 0 radical (unpaired) electrons. The average Bonchev–Trinajstić information content (AvgIpc) is 3.35. The van der Waals surface area contributed by atoms with Gasteiger partial charge in [0.05, 0.1) is 31.7 Å². The van der Waals surface area contributed by atoms with Crippen LogP contribution in [0.2, 0.25) is 0 Å². The van der Waals surface area contributed by atoms with Crippen LogP contribution < -0.4 is 4.90 Å². The van der Waals surface area contributed by atoms with E-state index in [4.69, 9.17) is 9.15 Å². The number of hydrogen-bond donors (Lipinski definition) is 2. The topological polar surface area (TPSA) is 52.0 Å². The van der Waals surface area contributed by atoms with Crippen molar-refractivity contribution in [3.05, 3.63) is 83.8 Å². The Labute approximate surface area is 177 Å². The molecule has 6 heteroatoms. The number of halogens is 1. The first-order valence-corrected chi connectivity index (χ1v) is 10.5. The molecule has 0 amide bonds. The van der Waals surface area contributed by atoms with Crippen molar-refractivity contribution in [2.45, 2.75) is 39.6 Å². The number of benzene rings is 1. The molecule has 162 valence electrons. The number of ether oxygens (including phenoxy) is 1. The first-order valence-electron chi connectivity index (χ1n) is 10.5. The van der Waals surface area contributed by atoms with Gasteiger partial charge in [-0.1, -0.05) is 32.0 Å². The molecule has 0 saturated heterocycles. The zero-order valence-corrected chi connectivity index (χ0v) is 17.8. The lowest BCUT2D eigenvalue weighted by Gasteiger charge is -2.24. The number of hydrogen-bond acceptors (Lipinski definition) is 3. The van der Waals surface area contributed by atoms with Gasteiger partial charge in [-0.2, -0.15) is 0 Å². The molecule has 3 rings (SSSR count). The molecule has 2 atom stereocenters. The summed E-state index contributed by atoms with van der Waals surface area (Å²) >= 11 is 0. The van der Waals surface area contributed by atoms with Crippen LogP contribution in [0, 0.1) is 11.7 Å². The van der Waals surface area contributed by atoms with E-state index < -0.39 is 6.10 Å². The summed E-state index contributed by atoms with van der Waals surface area (Å²) in [5, 5.41) is 10.5. The van der Waals surface area contributed by atoms with Gasteiger partial charge < -0.3 is 23.7 Å². The summed E-state index contributed by atoms with van der Waals surface area (Å²) in [4.78, 5) is 1.27. The van der Waals surface area contributed by atoms with Gasteiger partial charge in [0.1, 0.15) is 37.4 Å². The van der Waals surface area contributed by atoms with Gasteiger partial charge in [-0.05, 0) is 30.3 Å². The molecule has 0 saturated carbocycles. The fraction of sp³-hybridized carbons (Fsp3) is 0.417. The highest BCUT2D eigenvalue weighted by molar-refractivity contribution is 5.19. The first-order chi connectivity index (χ1) is 14.5. The fourth-order valence-corrected chi connectivity index (χ4v) is 3.72. The molecule has 2 aromatic heterocycles. The maximum absolute atomic E-state index is 14.1. The van der Waals surface area contributed by atoms with E-state index in [1.165, 1.54) is 11.0 Å². The second-order valence-corrected chi connectivity index (χ2v) is 8.20. The summed E-state index contributed by atoms with van der Waals surface area (Å²) in [7, 11) is 0. The van der Waals surface area contributed by atoms with Crippen molar-refractivity contribution >= 4 is 0 Å². The first kappa shape index (κ1) is 22.3. The lowest BCUT2D eigenvalue weighted by molar-refractivity contribution is -0.920. The van der Waals surface area contributed by atoms with Crippen LogP contribution in [-0.4, -0.2) is 35.5 Å². The highest BCUT2D eigenvalue weighted by Crippen LogP contribution is 2.11. The number of quaternary nitrogens is 1. The molecule has 1 unspecified atom stereocenters. The number of aliphatic hydroxyl groups is 1. The molecule has 1 aromatic carbocycles. The van der Waals surface area contributed by atoms with Crippen molar-refractivity contribution in [3.63, 3.8) is 0 Å². The molecule has 3 aromatic rings. The molecule has 0 bridgehead atoms. The minimum Gasteiger partial charge on any atom is -0.467 e. The quantitative estimate of drug-likeness (QED) is 0.478. The van der Waals surface area contributed by atoms with Gasteiger partial charge in [-0.15, -0.1) is 0 Å². The largest absolute Gasteiger partial charge is 0.467 e. The molecule has 2 heterocycles. The molecule has 0 aliphatic carbocycles. The summed E-state index contributed by atoms with van der Waals surface area (Å²) in [5.41, 5.74) is 1.80. The minimum atomic E-state index is -0.566. The van der Waals surface area contributed by atoms with Gasteiger partial charge in [-0.3, -0.25) is 0 Å². The number of aromatic nitrogens is 1. The predicted molar refractivity (Wildman–Crippen MR) is 114 cm³/mol. The molecule has 30 heavy (non-hydrogen) atoms. The van der Waals surface area contributed by atoms with E-state index in [-0.39, 0.29) is 12.4 Å². The third-order valence-electron chi connectivity index (χ3n) is 5.01. The van der Waals surface area contributed by atoms with E-state index >= 15 is 0 Å². The summed E-state index contributed by atoms with van der Waals surface area (Å²) < 4.78 is 27.0. The molecule has 5 nitrogen and oxygen atoms in total. The van der Waals surface area contributed by atoms with Gasteiger partial charge in [-0.25, -0.2) is 4.39 Å². The number of furan rings is 1. The van der Waals surface area contributed by atoms with Crippen molar-refractivity contribution < 1.29 is 23.6 Å².